The maximum Gasteiger partial charge on any atom is 0.0714 e. The third-order valence-electron chi connectivity index (χ3n) is 9.94. The Balaban J connectivity index is 1.29. The van der Waals surface area contributed by atoms with E-state index in [1.165, 1.54) is 55.3 Å². The molecular weight excluding hydrogens is 579 g/mol. The van der Waals surface area contributed by atoms with Crippen molar-refractivity contribution >= 4 is 27.8 Å². The zero-order chi connectivity index (χ0) is 31.9. The maximum atomic E-state index is 2.42. The number of hydrogen-bond donors (Lipinski definition) is 0. The lowest BCUT2D eigenvalue weighted by molar-refractivity contribution is 0.768. The molecule has 8 aromatic rings. The van der Waals surface area contributed by atoms with E-state index in [1.807, 2.05) is 0 Å². The molecule has 0 spiro atoms. The molecule has 0 saturated heterocycles. The molecule has 0 heterocycles. The van der Waals surface area contributed by atoms with E-state index in [4.69, 9.17) is 0 Å². The Kier molecular flexibility index (Phi) is 6.76. The summed E-state index contributed by atoms with van der Waals surface area (Å²) in [6.45, 7) is 0. The van der Waals surface area contributed by atoms with Crippen LogP contribution in [0.15, 0.2) is 200 Å². The molecule has 0 amide bonds. The number of hydrogen-bond acceptors (Lipinski definition) is 1. The molecule has 1 aliphatic rings. The van der Waals surface area contributed by atoms with Crippen LogP contribution in [0.25, 0.3) is 33.0 Å². The van der Waals surface area contributed by atoms with Gasteiger partial charge in [-0.1, -0.05) is 170 Å². The van der Waals surface area contributed by atoms with Gasteiger partial charge in [-0.3, -0.25) is 0 Å². The molecule has 0 radical (unpaired) electrons. The van der Waals surface area contributed by atoms with Crippen LogP contribution in [0, 0.1) is 0 Å². The molecule has 0 unspecified atom stereocenters. The predicted octanol–water partition coefficient (Wildman–Crippen LogP) is 12.3. The number of benzene rings is 8. The highest BCUT2D eigenvalue weighted by molar-refractivity contribution is 5.99. The van der Waals surface area contributed by atoms with Crippen LogP contribution in [-0.2, 0) is 5.41 Å². The van der Waals surface area contributed by atoms with E-state index in [0.717, 1.165) is 17.1 Å². The van der Waals surface area contributed by atoms with Crippen LogP contribution in [0.3, 0.4) is 0 Å². The summed E-state index contributed by atoms with van der Waals surface area (Å²) in [7, 11) is 0. The molecule has 0 atom stereocenters. The molecule has 0 N–H and O–H groups in total. The SMILES string of the molecule is c1ccc(-c2ccc(N(c3cccc(C4(c5ccccc5)c5ccccc5-c5ccccc54)c3)c3cccc4ccccc34)cc2)cc1. The Morgan fingerprint density at radius 3 is 1.62 bits per heavy atom. The molecule has 0 aliphatic heterocycles. The molecular formula is C47H33N. The minimum absolute atomic E-state index is 0.466. The summed E-state index contributed by atoms with van der Waals surface area (Å²) in [6.07, 6.45) is 0. The number of anilines is 3. The Morgan fingerprint density at radius 1 is 0.354 bits per heavy atom. The summed E-state index contributed by atoms with van der Waals surface area (Å²) in [5.74, 6) is 0. The molecule has 226 valence electrons. The van der Waals surface area contributed by atoms with Crippen molar-refractivity contribution in [3.63, 3.8) is 0 Å². The van der Waals surface area contributed by atoms with Gasteiger partial charge >= 0.3 is 0 Å². The van der Waals surface area contributed by atoms with Crippen molar-refractivity contribution in [3.05, 3.63) is 222 Å². The van der Waals surface area contributed by atoms with Crippen LogP contribution in [0.5, 0.6) is 0 Å². The quantitative estimate of drug-likeness (QED) is 0.181. The summed E-state index contributed by atoms with van der Waals surface area (Å²) >= 11 is 0. The van der Waals surface area contributed by atoms with E-state index < -0.39 is 5.41 Å². The lowest BCUT2D eigenvalue weighted by Crippen LogP contribution is -2.28. The first kappa shape index (κ1) is 28.1. The van der Waals surface area contributed by atoms with Gasteiger partial charge in [0, 0.05) is 16.8 Å². The maximum absolute atomic E-state index is 2.42. The molecule has 0 bridgehead atoms. The minimum atomic E-state index is -0.466. The summed E-state index contributed by atoms with van der Waals surface area (Å²) in [5, 5.41) is 2.43. The van der Waals surface area contributed by atoms with Crippen molar-refractivity contribution in [2.75, 3.05) is 4.90 Å². The van der Waals surface area contributed by atoms with Gasteiger partial charge in [0.25, 0.3) is 0 Å². The van der Waals surface area contributed by atoms with Gasteiger partial charge in [0.05, 0.1) is 11.1 Å². The largest absolute Gasteiger partial charge is 0.310 e. The summed E-state index contributed by atoms with van der Waals surface area (Å²) in [6, 6.07) is 73.0. The highest BCUT2D eigenvalue weighted by atomic mass is 15.1. The van der Waals surface area contributed by atoms with Gasteiger partial charge in [-0.2, -0.15) is 0 Å². The third kappa shape index (κ3) is 4.40. The number of rotatable bonds is 6. The van der Waals surface area contributed by atoms with E-state index in [-0.39, 0.29) is 0 Å². The molecule has 48 heavy (non-hydrogen) atoms. The topological polar surface area (TPSA) is 3.24 Å². The Bertz CT molecular complexity index is 2340. The molecule has 0 saturated carbocycles. The fourth-order valence-electron chi connectivity index (χ4n) is 7.85. The van der Waals surface area contributed by atoms with Gasteiger partial charge in [0.15, 0.2) is 0 Å². The highest BCUT2D eigenvalue weighted by Gasteiger charge is 2.46. The van der Waals surface area contributed by atoms with Crippen LogP contribution < -0.4 is 4.90 Å². The smallest absolute Gasteiger partial charge is 0.0714 e. The first-order chi connectivity index (χ1) is 23.8. The average Bonchev–Trinajstić information content (AvgIpc) is 3.47. The standard InChI is InChI=1S/C47H33N/c1-3-15-34(16-4-1)35-29-31-39(32-30-35)48(46-28-13-18-36-17-7-8-23-41(36)46)40-22-14-21-38(33-40)47(37-19-5-2-6-20-37)44-26-11-9-24-42(44)43-25-10-12-27-45(43)47/h1-33H. The van der Waals surface area contributed by atoms with Crippen LogP contribution in [0.4, 0.5) is 17.1 Å². The Labute approximate surface area is 282 Å². The fraction of sp³-hybridized carbons (Fsp3) is 0.0213. The van der Waals surface area contributed by atoms with E-state index in [1.54, 1.807) is 0 Å². The van der Waals surface area contributed by atoms with Crippen molar-refractivity contribution in [1.29, 1.82) is 0 Å². The first-order valence-electron chi connectivity index (χ1n) is 16.6. The molecule has 1 nitrogen and oxygen atoms in total. The Morgan fingerprint density at radius 2 is 0.896 bits per heavy atom. The molecule has 8 aromatic carbocycles. The van der Waals surface area contributed by atoms with E-state index >= 15 is 0 Å². The van der Waals surface area contributed by atoms with E-state index in [0.29, 0.717) is 0 Å². The number of fused-ring (bicyclic) bond motifs is 4. The van der Waals surface area contributed by atoms with Gasteiger partial charge in [-0.25, -0.2) is 0 Å². The summed E-state index contributed by atoms with van der Waals surface area (Å²) < 4.78 is 0. The van der Waals surface area contributed by atoms with Crippen LogP contribution >= 0.6 is 0 Å². The lowest BCUT2D eigenvalue weighted by Gasteiger charge is -2.35. The van der Waals surface area contributed by atoms with Crippen LogP contribution in [0.1, 0.15) is 22.3 Å². The van der Waals surface area contributed by atoms with Crippen molar-refractivity contribution in [3.8, 4) is 22.3 Å². The molecule has 1 heteroatoms. The zero-order valence-electron chi connectivity index (χ0n) is 26.5. The monoisotopic (exact) mass is 611 g/mol. The van der Waals surface area contributed by atoms with Gasteiger partial charge in [0.1, 0.15) is 0 Å². The third-order valence-corrected chi connectivity index (χ3v) is 9.94. The van der Waals surface area contributed by atoms with Crippen molar-refractivity contribution in [1.82, 2.24) is 0 Å². The Hall–Kier alpha value is -6.18. The summed E-state index contributed by atoms with van der Waals surface area (Å²) in [4.78, 5) is 2.42. The van der Waals surface area contributed by atoms with Gasteiger partial charge in [-0.15, -0.1) is 0 Å². The number of nitrogens with zero attached hydrogens (tertiary/aromatic N) is 1. The van der Waals surface area contributed by atoms with Gasteiger partial charge in [0.2, 0.25) is 0 Å². The average molecular weight is 612 g/mol. The second-order valence-corrected chi connectivity index (χ2v) is 12.5. The van der Waals surface area contributed by atoms with E-state index in [9.17, 15) is 0 Å². The predicted molar refractivity (Wildman–Crippen MR) is 201 cm³/mol. The minimum Gasteiger partial charge on any atom is -0.310 e. The van der Waals surface area contributed by atoms with Gasteiger partial charge < -0.3 is 4.90 Å². The zero-order valence-corrected chi connectivity index (χ0v) is 26.5. The first-order valence-corrected chi connectivity index (χ1v) is 16.6. The van der Waals surface area contributed by atoms with Crippen molar-refractivity contribution < 1.29 is 0 Å². The highest BCUT2D eigenvalue weighted by Crippen LogP contribution is 2.56. The molecule has 9 rings (SSSR count). The second kappa shape index (κ2) is 11.6. The normalized spacial score (nSPS) is 12.8. The second-order valence-electron chi connectivity index (χ2n) is 12.5. The lowest BCUT2D eigenvalue weighted by atomic mass is 9.67. The van der Waals surface area contributed by atoms with Crippen LogP contribution in [-0.4, -0.2) is 0 Å². The molecule has 0 fully saturated rings. The molecule has 1 aliphatic carbocycles. The van der Waals surface area contributed by atoms with Crippen molar-refractivity contribution in [2.24, 2.45) is 0 Å². The van der Waals surface area contributed by atoms with Crippen molar-refractivity contribution in [2.45, 2.75) is 5.41 Å². The van der Waals surface area contributed by atoms with Gasteiger partial charge in [-0.05, 0) is 80.2 Å². The summed E-state index contributed by atoms with van der Waals surface area (Å²) in [5.41, 5.74) is 13.1. The van der Waals surface area contributed by atoms with E-state index in [2.05, 4.69) is 205 Å². The fourth-order valence-corrected chi connectivity index (χ4v) is 7.85. The van der Waals surface area contributed by atoms with Crippen LogP contribution in [0.2, 0.25) is 0 Å². The molecule has 0 aromatic heterocycles.